The van der Waals surface area contributed by atoms with Gasteiger partial charge in [0.05, 0.1) is 27.2 Å². The van der Waals surface area contributed by atoms with Gasteiger partial charge in [-0.1, -0.05) is 85.0 Å². The minimum Gasteiger partial charge on any atom is -0.550 e. The Kier molecular flexibility index (Phi) is 22.1. The summed E-state index contributed by atoms with van der Waals surface area (Å²) < 4.78 is 1.24. The fourth-order valence-electron chi connectivity index (χ4n) is 3.11. The van der Waals surface area contributed by atoms with Crippen LogP contribution in [0, 0.1) is 0 Å². The summed E-state index contributed by atoms with van der Waals surface area (Å²) in [6, 6.07) is 0. The highest BCUT2D eigenvalue weighted by Gasteiger charge is 2.13. The summed E-state index contributed by atoms with van der Waals surface area (Å²) in [5, 5.41) is 9.26. The number of rotatable bonds is 17. The van der Waals surface area contributed by atoms with Gasteiger partial charge in [0.15, 0.2) is 0 Å². The van der Waals surface area contributed by atoms with Gasteiger partial charge in [-0.05, 0) is 32.1 Å². The van der Waals surface area contributed by atoms with E-state index in [2.05, 4.69) is 27.9 Å². The van der Waals surface area contributed by atoms with Gasteiger partial charge in [0, 0.05) is 5.97 Å². The zero-order valence-corrected chi connectivity index (χ0v) is 18.8. The molecule has 0 aromatic rings. The number of aliphatic carboxylic acids is 1. The van der Waals surface area contributed by atoms with Gasteiger partial charge in [-0.15, -0.1) is 0 Å². The normalized spacial score (nSPS) is 11.1. The van der Waals surface area contributed by atoms with Gasteiger partial charge in [0.2, 0.25) is 0 Å². The average Bonchev–Trinajstić information content (AvgIpc) is 2.60. The average molecular weight is 372 g/mol. The molecule has 0 heterocycles. The van der Waals surface area contributed by atoms with Crippen LogP contribution < -0.4 is 5.11 Å². The molecule has 0 spiro atoms. The Morgan fingerprint density at radius 3 is 1.15 bits per heavy atom. The van der Waals surface area contributed by atoms with E-state index in [0.29, 0.717) is 0 Å². The van der Waals surface area contributed by atoms with Crippen molar-refractivity contribution in [1.82, 2.24) is 0 Å². The van der Waals surface area contributed by atoms with E-state index >= 15 is 0 Å². The molecule has 0 saturated heterocycles. The number of unbranched alkanes of at least 4 members (excludes halogenated alkanes) is 12. The Morgan fingerprint density at radius 2 is 0.885 bits per heavy atom. The predicted octanol–water partition coefficient (Wildman–Crippen LogP) is 5.71. The molecule has 0 rings (SSSR count). The van der Waals surface area contributed by atoms with Gasteiger partial charge in [-0.2, -0.15) is 0 Å². The van der Waals surface area contributed by atoms with E-state index in [-0.39, 0.29) is 6.42 Å². The lowest BCUT2D eigenvalue weighted by Crippen LogP contribution is -2.41. The number of nitrogens with zero attached hydrogens (tertiary/aromatic N) is 1. The van der Waals surface area contributed by atoms with Gasteiger partial charge in [0.1, 0.15) is 0 Å². The van der Waals surface area contributed by atoms with Crippen molar-refractivity contribution in [1.29, 1.82) is 0 Å². The van der Waals surface area contributed by atoms with Crippen molar-refractivity contribution in [2.45, 2.75) is 117 Å². The van der Waals surface area contributed by atoms with Crippen LogP contribution in [0.1, 0.15) is 117 Å². The third-order valence-corrected chi connectivity index (χ3v) is 5.02. The molecule has 0 bridgehead atoms. The molecule has 0 atom stereocenters. The van der Waals surface area contributed by atoms with Crippen LogP contribution in [0.15, 0.2) is 0 Å². The van der Waals surface area contributed by atoms with Crippen molar-refractivity contribution in [3.05, 3.63) is 0 Å². The molecule has 0 N–H and O–H groups in total. The van der Waals surface area contributed by atoms with E-state index in [1.165, 1.54) is 114 Å². The first kappa shape index (κ1) is 27.6. The van der Waals surface area contributed by atoms with E-state index < -0.39 is 5.97 Å². The predicted molar refractivity (Wildman–Crippen MR) is 113 cm³/mol. The third-order valence-electron chi connectivity index (χ3n) is 5.02. The van der Waals surface area contributed by atoms with E-state index in [4.69, 9.17) is 0 Å². The van der Waals surface area contributed by atoms with Crippen molar-refractivity contribution in [2.75, 3.05) is 27.2 Å². The van der Waals surface area contributed by atoms with Gasteiger partial charge in [-0.3, -0.25) is 0 Å². The zero-order chi connectivity index (χ0) is 20.1. The molecule has 0 radical (unpaired) electrons. The van der Waals surface area contributed by atoms with E-state index in [0.717, 1.165) is 0 Å². The van der Waals surface area contributed by atoms with Crippen molar-refractivity contribution in [2.24, 2.45) is 0 Å². The molecule has 0 aromatic heterocycles. The van der Waals surface area contributed by atoms with Gasteiger partial charge in [-0.25, -0.2) is 0 Å². The molecule has 3 nitrogen and oxygen atoms in total. The van der Waals surface area contributed by atoms with E-state index in [9.17, 15) is 9.90 Å². The minimum atomic E-state index is -0.995. The number of quaternary nitrogens is 1. The second-order valence-corrected chi connectivity index (χ2v) is 8.35. The van der Waals surface area contributed by atoms with Gasteiger partial charge >= 0.3 is 0 Å². The summed E-state index contributed by atoms with van der Waals surface area (Å²) in [6.45, 7) is 8.88. The zero-order valence-electron chi connectivity index (χ0n) is 18.8. The first-order valence-electron chi connectivity index (χ1n) is 11.4. The van der Waals surface area contributed by atoms with Crippen molar-refractivity contribution in [3.8, 4) is 0 Å². The molecule has 0 saturated carbocycles. The summed E-state index contributed by atoms with van der Waals surface area (Å²) >= 11 is 0. The first-order valence-corrected chi connectivity index (χ1v) is 11.4. The maximum absolute atomic E-state index is 9.26. The van der Waals surface area contributed by atoms with Crippen LogP contribution in [0.25, 0.3) is 0 Å². The van der Waals surface area contributed by atoms with Gasteiger partial charge < -0.3 is 14.4 Å². The molecular formula is C23H49NO2. The Morgan fingerprint density at radius 1 is 0.615 bits per heavy atom. The standard InChI is InChI=1S/C20H44N.C3H6O2/c1-5-7-9-11-13-14-16-18-20-21(3,4)19-17-15-12-10-8-6-2;1-2-3(4)5/h5-20H2,1-4H3;2H2,1H3,(H,4,5)/q+1;/p-1. The van der Waals surface area contributed by atoms with Crippen LogP contribution in [-0.2, 0) is 4.79 Å². The fourth-order valence-corrected chi connectivity index (χ4v) is 3.11. The Hall–Kier alpha value is -0.570. The van der Waals surface area contributed by atoms with Crippen LogP contribution in [0.5, 0.6) is 0 Å². The summed E-state index contributed by atoms with van der Waals surface area (Å²) in [5.74, 6) is -0.995. The highest BCUT2D eigenvalue weighted by atomic mass is 16.4. The highest BCUT2D eigenvalue weighted by Crippen LogP contribution is 2.12. The fraction of sp³-hybridized carbons (Fsp3) is 0.957. The highest BCUT2D eigenvalue weighted by molar-refractivity contribution is 5.63. The SMILES string of the molecule is CCC(=O)[O-].CCCCCCCCCC[N+](C)(C)CCCCCCCC. The van der Waals surface area contributed by atoms with Crippen LogP contribution in [0.4, 0.5) is 0 Å². The van der Waals surface area contributed by atoms with Crippen LogP contribution in [0.2, 0.25) is 0 Å². The maximum Gasteiger partial charge on any atom is 0.0782 e. The minimum absolute atomic E-state index is 0.111. The quantitative estimate of drug-likeness (QED) is 0.243. The Labute approximate surface area is 165 Å². The van der Waals surface area contributed by atoms with Crippen LogP contribution in [-0.4, -0.2) is 37.6 Å². The number of carbonyl (C=O) groups excluding carboxylic acids is 1. The molecule has 158 valence electrons. The summed E-state index contributed by atoms with van der Waals surface area (Å²) in [7, 11) is 4.85. The number of carboxylic acid groups (broad SMARTS) is 1. The molecular weight excluding hydrogens is 322 g/mol. The smallest absolute Gasteiger partial charge is 0.0782 e. The van der Waals surface area contributed by atoms with Crippen LogP contribution in [0.3, 0.4) is 0 Å². The van der Waals surface area contributed by atoms with Crippen molar-refractivity contribution >= 4 is 5.97 Å². The molecule has 0 aliphatic heterocycles. The Balaban J connectivity index is 0. The number of carbonyl (C=O) groups is 1. The lowest BCUT2D eigenvalue weighted by molar-refractivity contribution is -0.890. The summed E-state index contributed by atoms with van der Waals surface area (Å²) in [5.41, 5.74) is 0. The number of hydrogen-bond acceptors (Lipinski definition) is 2. The lowest BCUT2D eigenvalue weighted by Gasteiger charge is -2.30. The molecule has 0 amide bonds. The molecule has 0 aromatic carbocycles. The second kappa shape index (κ2) is 20.7. The van der Waals surface area contributed by atoms with Crippen molar-refractivity contribution < 1.29 is 14.4 Å². The molecule has 0 aliphatic carbocycles. The first-order chi connectivity index (χ1) is 12.4. The number of carboxylic acids is 1. The maximum atomic E-state index is 9.26. The topological polar surface area (TPSA) is 40.1 Å². The molecule has 0 aliphatic rings. The number of hydrogen-bond donors (Lipinski definition) is 0. The summed E-state index contributed by atoms with van der Waals surface area (Å²) in [6.07, 6.45) is 20.2. The summed E-state index contributed by atoms with van der Waals surface area (Å²) in [4.78, 5) is 9.26. The Bertz CT molecular complexity index is 290. The van der Waals surface area contributed by atoms with Crippen molar-refractivity contribution in [3.63, 3.8) is 0 Å². The van der Waals surface area contributed by atoms with Gasteiger partial charge in [0.25, 0.3) is 0 Å². The molecule has 3 heteroatoms. The second-order valence-electron chi connectivity index (χ2n) is 8.35. The molecule has 0 unspecified atom stereocenters. The molecule has 0 fully saturated rings. The largest absolute Gasteiger partial charge is 0.550 e. The van der Waals surface area contributed by atoms with E-state index in [1.807, 2.05) is 0 Å². The third kappa shape index (κ3) is 25.7. The monoisotopic (exact) mass is 371 g/mol. The van der Waals surface area contributed by atoms with E-state index in [1.54, 1.807) is 0 Å². The van der Waals surface area contributed by atoms with Crippen LogP contribution >= 0.6 is 0 Å². The molecule has 26 heavy (non-hydrogen) atoms. The lowest BCUT2D eigenvalue weighted by atomic mass is 10.1.